The fourth-order valence-electron chi connectivity index (χ4n) is 4.48. The number of nitrogens with one attached hydrogen (secondary N) is 2. The lowest BCUT2D eigenvalue weighted by Gasteiger charge is -2.11. The summed E-state index contributed by atoms with van der Waals surface area (Å²) in [5, 5.41) is 16.4. The van der Waals surface area contributed by atoms with Crippen LogP contribution in [0.4, 0.5) is 5.69 Å². The summed E-state index contributed by atoms with van der Waals surface area (Å²) in [6.45, 7) is 4.05. The molecule has 0 saturated carbocycles. The number of esters is 1. The highest BCUT2D eigenvalue weighted by atomic mass is 35.5. The minimum atomic E-state index is -0.701. The molecule has 0 aliphatic rings. The number of aromatic nitrogens is 1. The Morgan fingerprint density at radius 1 is 1.02 bits per heavy atom. The van der Waals surface area contributed by atoms with Gasteiger partial charge in [0.15, 0.2) is 11.5 Å². The molecule has 0 atom stereocenters. The number of aryl methyl sites for hydroxylation is 1. The maximum Gasteiger partial charge on any atom is 0.343 e. The molecule has 4 aromatic carbocycles. The van der Waals surface area contributed by atoms with E-state index in [0.717, 1.165) is 22.0 Å². The molecule has 2 N–H and O–H groups in total. The fourth-order valence-corrected chi connectivity index (χ4v) is 4.71. The van der Waals surface area contributed by atoms with Crippen LogP contribution >= 0.6 is 11.6 Å². The molecule has 5 rings (SSSR count). The summed E-state index contributed by atoms with van der Waals surface area (Å²) in [7, 11) is 0. The van der Waals surface area contributed by atoms with Crippen LogP contribution in [0.15, 0.2) is 90.0 Å². The number of carbonyl (C=O) groups excluding carboxylic acids is 2. The van der Waals surface area contributed by atoms with Crippen molar-refractivity contribution in [2.45, 2.75) is 13.8 Å². The van der Waals surface area contributed by atoms with Crippen LogP contribution < -0.4 is 14.9 Å². The number of nitro benzene ring substituents is 1. The number of fused-ring (bicyclic) bond motifs is 1. The molecule has 10 nitrogen and oxygen atoms in total. The summed E-state index contributed by atoms with van der Waals surface area (Å²) in [5.74, 6) is -0.727. The number of halogens is 1. The molecule has 43 heavy (non-hydrogen) atoms. The van der Waals surface area contributed by atoms with Crippen molar-refractivity contribution in [2.24, 2.45) is 5.10 Å². The third-order valence-corrected chi connectivity index (χ3v) is 6.82. The summed E-state index contributed by atoms with van der Waals surface area (Å²) in [5.41, 5.74) is 6.67. The van der Waals surface area contributed by atoms with Crippen LogP contribution in [0.25, 0.3) is 22.0 Å². The second-order valence-electron chi connectivity index (χ2n) is 9.44. The molecule has 1 heterocycles. The van der Waals surface area contributed by atoms with Crippen LogP contribution in [-0.2, 0) is 0 Å². The monoisotopic (exact) mass is 596 g/mol. The molecular formula is C32H25ClN4O6. The van der Waals surface area contributed by atoms with Gasteiger partial charge in [-0.2, -0.15) is 5.10 Å². The van der Waals surface area contributed by atoms with Crippen LogP contribution in [0.3, 0.4) is 0 Å². The number of nitrogens with zero attached hydrogens (tertiary/aromatic N) is 2. The standard InChI is InChI=1S/C32H25ClN4O6/c1-3-42-28-17-20(9-15-27(28)43-32(39)21-10-12-22(13-11-21)37(40)41)18-34-36-31(38)30-29(23-6-4-5-7-25(23)33)24-16-19(2)8-14-26(24)35-30/h4-18,35H,3H2,1-2H3,(H,36,38). The summed E-state index contributed by atoms with van der Waals surface area (Å²) in [6, 6.07) is 23.0. The van der Waals surface area contributed by atoms with Crippen molar-refractivity contribution in [1.82, 2.24) is 10.4 Å². The van der Waals surface area contributed by atoms with Gasteiger partial charge in [-0.25, -0.2) is 10.2 Å². The number of carbonyl (C=O) groups is 2. The Balaban J connectivity index is 1.36. The first-order valence-corrected chi connectivity index (χ1v) is 13.6. The Kier molecular flexibility index (Phi) is 8.49. The first kappa shape index (κ1) is 29.0. The lowest BCUT2D eigenvalue weighted by molar-refractivity contribution is -0.384. The smallest absolute Gasteiger partial charge is 0.343 e. The van der Waals surface area contributed by atoms with Gasteiger partial charge in [-0.1, -0.05) is 41.4 Å². The number of amides is 1. The van der Waals surface area contributed by atoms with Crippen LogP contribution in [0.5, 0.6) is 11.5 Å². The zero-order chi connectivity index (χ0) is 30.5. The van der Waals surface area contributed by atoms with Crippen molar-refractivity contribution in [3.63, 3.8) is 0 Å². The molecule has 0 spiro atoms. The highest BCUT2D eigenvalue weighted by molar-refractivity contribution is 6.34. The van der Waals surface area contributed by atoms with E-state index in [1.165, 1.54) is 36.5 Å². The number of benzene rings is 4. The van der Waals surface area contributed by atoms with Gasteiger partial charge in [0.05, 0.1) is 23.3 Å². The van der Waals surface area contributed by atoms with Crippen molar-refractivity contribution in [2.75, 3.05) is 6.61 Å². The highest BCUT2D eigenvalue weighted by Crippen LogP contribution is 2.37. The maximum absolute atomic E-state index is 13.3. The van der Waals surface area contributed by atoms with Gasteiger partial charge in [0.25, 0.3) is 11.6 Å². The third-order valence-electron chi connectivity index (χ3n) is 6.49. The van der Waals surface area contributed by atoms with E-state index < -0.39 is 16.8 Å². The third kappa shape index (κ3) is 6.39. The second kappa shape index (κ2) is 12.6. The van der Waals surface area contributed by atoms with Gasteiger partial charge in [0, 0.05) is 39.2 Å². The molecule has 0 unspecified atom stereocenters. The molecule has 0 aliphatic carbocycles. The Morgan fingerprint density at radius 2 is 1.79 bits per heavy atom. The number of rotatable bonds is 9. The molecule has 0 aliphatic heterocycles. The summed E-state index contributed by atoms with van der Waals surface area (Å²) >= 11 is 6.51. The van der Waals surface area contributed by atoms with Crippen molar-refractivity contribution in [1.29, 1.82) is 0 Å². The van der Waals surface area contributed by atoms with E-state index in [4.69, 9.17) is 21.1 Å². The average Bonchev–Trinajstić information content (AvgIpc) is 3.37. The van der Waals surface area contributed by atoms with Crippen LogP contribution in [0.2, 0.25) is 5.02 Å². The van der Waals surface area contributed by atoms with E-state index in [2.05, 4.69) is 15.5 Å². The number of hydrazone groups is 1. The predicted octanol–water partition coefficient (Wildman–Crippen LogP) is 7.09. The zero-order valence-corrected chi connectivity index (χ0v) is 23.8. The van der Waals surface area contributed by atoms with Gasteiger partial charge in [0.1, 0.15) is 5.69 Å². The lowest BCUT2D eigenvalue weighted by Crippen LogP contribution is -2.19. The molecule has 11 heteroatoms. The molecule has 1 aromatic heterocycles. The van der Waals surface area contributed by atoms with Crippen LogP contribution in [0, 0.1) is 17.0 Å². The number of nitro groups is 1. The molecule has 0 saturated heterocycles. The second-order valence-corrected chi connectivity index (χ2v) is 9.84. The maximum atomic E-state index is 13.3. The molecular weight excluding hydrogens is 572 g/mol. The number of ether oxygens (including phenoxy) is 2. The largest absolute Gasteiger partial charge is 0.490 e. The van der Waals surface area contributed by atoms with Gasteiger partial charge in [-0.05, 0) is 67.9 Å². The first-order valence-electron chi connectivity index (χ1n) is 13.2. The Hall–Kier alpha value is -5.48. The van der Waals surface area contributed by atoms with E-state index in [0.29, 0.717) is 28.5 Å². The van der Waals surface area contributed by atoms with Gasteiger partial charge in [-0.15, -0.1) is 0 Å². The highest BCUT2D eigenvalue weighted by Gasteiger charge is 2.21. The quantitative estimate of drug-likeness (QED) is 0.0613. The molecule has 5 aromatic rings. The Bertz CT molecular complexity index is 1880. The normalized spacial score (nSPS) is 11.0. The van der Waals surface area contributed by atoms with Crippen molar-refractivity contribution in [3.05, 3.63) is 122 Å². The topological polar surface area (TPSA) is 136 Å². The van der Waals surface area contributed by atoms with Gasteiger partial charge < -0.3 is 14.5 Å². The summed E-state index contributed by atoms with van der Waals surface area (Å²) in [6.07, 6.45) is 1.43. The van der Waals surface area contributed by atoms with E-state index in [1.54, 1.807) is 25.1 Å². The van der Waals surface area contributed by atoms with Crippen molar-refractivity contribution < 1.29 is 24.0 Å². The minimum Gasteiger partial charge on any atom is -0.490 e. The summed E-state index contributed by atoms with van der Waals surface area (Å²) < 4.78 is 11.1. The van der Waals surface area contributed by atoms with Crippen molar-refractivity contribution >= 4 is 46.3 Å². The number of aromatic amines is 1. The SMILES string of the molecule is CCOc1cc(C=NNC(=O)c2[nH]c3ccc(C)cc3c2-c2ccccc2Cl)ccc1OC(=O)c1ccc([N+](=O)[O-])cc1. The van der Waals surface area contributed by atoms with Crippen molar-refractivity contribution in [3.8, 4) is 22.6 Å². The average molecular weight is 597 g/mol. The number of non-ortho nitro benzene ring substituents is 1. The molecule has 216 valence electrons. The van der Waals surface area contributed by atoms with E-state index >= 15 is 0 Å². The minimum absolute atomic E-state index is 0.137. The zero-order valence-electron chi connectivity index (χ0n) is 23.1. The molecule has 0 bridgehead atoms. The first-order chi connectivity index (χ1) is 20.7. The number of H-pyrrole nitrogens is 1. The Labute approximate surface area is 251 Å². The van der Waals surface area contributed by atoms with Crippen LogP contribution in [0.1, 0.15) is 38.9 Å². The van der Waals surface area contributed by atoms with Gasteiger partial charge in [0.2, 0.25) is 0 Å². The predicted molar refractivity (Wildman–Crippen MR) is 164 cm³/mol. The number of hydrogen-bond donors (Lipinski definition) is 2. The molecule has 1 amide bonds. The van der Waals surface area contributed by atoms with Gasteiger partial charge >= 0.3 is 5.97 Å². The number of hydrogen-bond acceptors (Lipinski definition) is 7. The van der Waals surface area contributed by atoms with E-state index in [9.17, 15) is 19.7 Å². The van der Waals surface area contributed by atoms with Crippen LogP contribution in [-0.4, -0.2) is 34.6 Å². The molecule has 0 fully saturated rings. The van der Waals surface area contributed by atoms with E-state index in [1.807, 2.05) is 43.3 Å². The molecule has 0 radical (unpaired) electrons. The van der Waals surface area contributed by atoms with Gasteiger partial charge in [-0.3, -0.25) is 14.9 Å². The summed E-state index contributed by atoms with van der Waals surface area (Å²) in [4.78, 5) is 39.4. The fraction of sp³-hybridized carbons (Fsp3) is 0.0938. The van der Waals surface area contributed by atoms with E-state index in [-0.39, 0.29) is 22.7 Å². The Morgan fingerprint density at radius 3 is 2.51 bits per heavy atom. The lowest BCUT2D eigenvalue weighted by atomic mass is 10.0.